The molecule has 1 aromatic carbocycles. The number of aliphatic hydroxyl groups excluding tert-OH is 1. The van der Waals surface area contributed by atoms with Gasteiger partial charge in [-0.3, -0.25) is 15.0 Å². The van der Waals surface area contributed by atoms with Crippen LogP contribution in [-0.4, -0.2) is 98.9 Å². The Bertz CT molecular complexity index is 1020. The van der Waals surface area contributed by atoms with Gasteiger partial charge in [-0.2, -0.15) is 0 Å². The van der Waals surface area contributed by atoms with Gasteiger partial charge in [-0.05, 0) is 42.6 Å². The fraction of sp³-hybridized carbons (Fsp3) is 0.667. The summed E-state index contributed by atoms with van der Waals surface area (Å²) >= 11 is 0. The molecule has 1 fully saturated rings. The molecule has 0 spiro atoms. The first kappa shape index (κ1) is 35.8. The summed E-state index contributed by atoms with van der Waals surface area (Å²) in [7, 11) is 2.45. The number of nitrogens with one attached hydrogen (secondary N) is 4. The Kier molecular flexibility index (Phi) is 15.2. The van der Waals surface area contributed by atoms with E-state index in [0.29, 0.717) is 26.2 Å². The Labute approximate surface area is 254 Å². The van der Waals surface area contributed by atoms with Gasteiger partial charge in [0.15, 0.2) is 0 Å². The maximum absolute atomic E-state index is 13.4. The summed E-state index contributed by atoms with van der Waals surface area (Å²) in [5.41, 5.74) is 3.78. The molecule has 5 N–H and O–H groups in total. The van der Waals surface area contributed by atoms with Gasteiger partial charge >= 0.3 is 12.2 Å². The minimum atomic E-state index is -1.12. The summed E-state index contributed by atoms with van der Waals surface area (Å²) < 4.78 is 14.9. The number of aliphatic hydroxyl groups is 1. The summed E-state index contributed by atoms with van der Waals surface area (Å²) in [6, 6.07) is 6.87. The van der Waals surface area contributed by atoms with Crippen LogP contribution in [0.3, 0.4) is 0 Å². The van der Waals surface area contributed by atoms with Gasteiger partial charge in [-0.15, -0.1) is 0 Å². The molecule has 13 heteroatoms. The SMILES string of the molecule is COC(=O)N[C@H](C(=O)N[C@@H](Cc1ccccc1)[C@@H](O)CN(CC1CCOCC1)NC(=O)[C@@H](NC(=O)OC)C(C)C)C(C)C. The zero-order chi connectivity index (χ0) is 31.9. The van der Waals surface area contributed by atoms with Crippen molar-refractivity contribution in [2.24, 2.45) is 17.8 Å². The third-order valence-corrected chi connectivity index (χ3v) is 7.40. The van der Waals surface area contributed by atoms with Crippen molar-refractivity contribution in [2.45, 2.75) is 71.2 Å². The van der Waals surface area contributed by atoms with E-state index in [2.05, 4.69) is 26.1 Å². The molecule has 1 aliphatic heterocycles. The number of rotatable bonds is 15. The van der Waals surface area contributed by atoms with Gasteiger partial charge in [0, 0.05) is 26.3 Å². The first-order valence-electron chi connectivity index (χ1n) is 14.8. The van der Waals surface area contributed by atoms with Crippen molar-refractivity contribution < 1.29 is 38.5 Å². The number of carbonyl (C=O) groups excluding carboxylic acids is 4. The van der Waals surface area contributed by atoms with Crippen LogP contribution >= 0.6 is 0 Å². The molecule has 1 aliphatic rings. The predicted octanol–water partition coefficient (Wildman–Crippen LogP) is 1.60. The van der Waals surface area contributed by atoms with Crippen LogP contribution in [-0.2, 0) is 30.2 Å². The predicted molar refractivity (Wildman–Crippen MR) is 160 cm³/mol. The van der Waals surface area contributed by atoms with Gasteiger partial charge in [-0.1, -0.05) is 58.0 Å². The fourth-order valence-electron chi connectivity index (χ4n) is 4.85. The Morgan fingerprint density at radius 2 is 1.42 bits per heavy atom. The first-order valence-corrected chi connectivity index (χ1v) is 14.8. The summed E-state index contributed by atoms with van der Waals surface area (Å²) in [5.74, 6) is -1.22. The summed E-state index contributed by atoms with van der Waals surface area (Å²) in [6.45, 7) is 8.81. The highest BCUT2D eigenvalue weighted by Crippen LogP contribution is 2.17. The van der Waals surface area contributed by atoms with Crippen LogP contribution in [0, 0.1) is 17.8 Å². The van der Waals surface area contributed by atoms with Gasteiger partial charge in [-0.25, -0.2) is 14.6 Å². The molecule has 0 saturated carbocycles. The molecule has 0 bridgehead atoms. The molecule has 0 radical (unpaired) electrons. The maximum atomic E-state index is 13.4. The van der Waals surface area contributed by atoms with E-state index in [4.69, 9.17) is 9.47 Å². The standard InChI is InChI=1S/C30H49N5O8/c1-19(2)25(32-29(39)41-5)27(37)31-23(16-21-10-8-7-9-11-21)24(36)18-35(17-22-12-14-43-15-13-22)34-28(38)26(20(3)4)33-30(40)42-6/h7-11,19-20,22-26,36H,12-18H2,1-6H3,(H,31,37)(H,32,39)(H,33,40)(H,34,38)/t23-,24-,25-,26-/m0/s1. The molecule has 13 nitrogen and oxygen atoms in total. The molecule has 4 amide bonds. The van der Waals surface area contributed by atoms with E-state index in [1.54, 1.807) is 32.7 Å². The second kappa shape index (κ2) is 18.3. The van der Waals surface area contributed by atoms with Crippen LogP contribution in [0.5, 0.6) is 0 Å². The van der Waals surface area contributed by atoms with Gasteiger partial charge in [0.2, 0.25) is 5.91 Å². The first-order chi connectivity index (χ1) is 20.4. The Morgan fingerprint density at radius 3 is 1.93 bits per heavy atom. The number of ether oxygens (including phenoxy) is 3. The third-order valence-electron chi connectivity index (χ3n) is 7.40. The number of alkyl carbamates (subject to hydrolysis) is 2. The van der Waals surface area contributed by atoms with Crippen molar-refractivity contribution in [2.75, 3.05) is 40.5 Å². The normalized spacial score (nSPS) is 16.6. The van der Waals surface area contributed by atoms with Gasteiger partial charge in [0.25, 0.3) is 5.91 Å². The molecule has 0 unspecified atom stereocenters. The summed E-state index contributed by atoms with van der Waals surface area (Å²) in [6.07, 6.45) is -0.711. The maximum Gasteiger partial charge on any atom is 0.407 e. The van der Waals surface area contributed by atoms with E-state index < -0.39 is 48.2 Å². The average molecular weight is 608 g/mol. The van der Waals surface area contributed by atoms with Gasteiger partial charge in [0.05, 0.1) is 26.4 Å². The number of benzene rings is 1. The zero-order valence-corrected chi connectivity index (χ0v) is 26.1. The lowest BCUT2D eigenvalue weighted by Crippen LogP contribution is -2.60. The van der Waals surface area contributed by atoms with E-state index in [0.717, 1.165) is 18.4 Å². The fourth-order valence-corrected chi connectivity index (χ4v) is 4.85. The lowest BCUT2D eigenvalue weighted by Gasteiger charge is -2.35. The van der Waals surface area contributed by atoms with Gasteiger partial charge in [0.1, 0.15) is 12.1 Å². The zero-order valence-electron chi connectivity index (χ0n) is 26.1. The highest BCUT2D eigenvalue weighted by Gasteiger charge is 2.32. The van der Waals surface area contributed by atoms with Crippen molar-refractivity contribution >= 4 is 24.0 Å². The molecule has 1 saturated heterocycles. The minimum Gasteiger partial charge on any atom is -0.453 e. The van der Waals surface area contributed by atoms with Crippen LogP contribution < -0.4 is 21.4 Å². The monoisotopic (exact) mass is 607 g/mol. The largest absolute Gasteiger partial charge is 0.453 e. The molecule has 1 heterocycles. The van der Waals surface area contributed by atoms with E-state index in [1.807, 2.05) is 30.3 Å². The van der Waals surface area contributed by atoms with Crippen molar-refractivity contribution in [3.05, 3.63) is 35.9 Å². The third kappa shape index (κ3) is 12.4. The summed E-state index contributed by atoms with van der Waals surface area (Å²) in [5, 5.41) is 21.3. The molecule has 242 valence electrons. The topological polar surface area (TPSA) is 168 Å². The van der Waals surface area contributed by atoms with Crippen molar-refractivity contribution in [1.82, 2.24) is 26.4 Å². The number of nitrogens with zero attached hydrogens (tertiary/aromatic N) is 1. The highest BCUT2D eigenvalue weighted by atomic mass is 16.5. The van der Waals surface area contributed by atoms with E-state index in [9.17, 15) is 24.3 Å². The Morgan fingerprint density at radius 1 is 0.884 bits per heavy atom. The molecule has 43 heavy (non-hydrogen) atoms. The number of amides is 4. The van der Waals surface area contributed by atoms with E-state index in [1.165, 1.54) is 14.2 Å². The highest BCUT2D eigenvalue weighted by molar-refractivity contribution is 5.86. The lowest BCUT2D eigenvalue weighted by molar-refractivity contribution is -0.131. The molecular weight excluding hydrogens is 558 g/mol. The second-order valence-corrected chi connectivity index (χ2v) is 11.5. The average Bonchev–Trinajstić information content (AvgIpc) is 2.98. The number of hydrogen-bond donors (Lipinski definition) is 5. The Balaban J connectivity index is 2.30. The van der Waals surface area contributed by atoms with Crippen LogP contribution in [0.15, 0.2) is 30.3 Å². The lowest BCUT2D eigenvalue weighted by atomic mass is 9.97. The van der Waals surface area contributed by atoms with E-state index in [-0.39, 0.29) is 24.3 Å². The van der Waals surface area contributed by atoms with Crippen LogP contribution in [0.2, 0.25) is 0 Å². The number of hydrogen-bond acceptors (Lipinski definition) is 9. The minimum absolute atomic E-state index is 0.0132. The van der Waals surface area contributed by atoms with Crippen molar-refractivity contribution in [1.29, 1.82) is 0 Å². The number of methoxy groups -OCH3 is 2. The molecule has 1 aromatic rings. The van der Waals surface area contributed by atoms with Gasteiger partial charge < -0.3 is 35.3 Å². The molecule has 2 rings (SSSR count). The van der Waals surface area contributed by atoms with Crippen molar-refractivity contribution in [3.63, 3.8) is 0 Å². The van der Waals surface area contributed by atoms with Crippen molar-refractivity contribution in [3.8, 4) is 0 Å². The van der Waals surface area contributed by atoms with Crippen LogP contribution in [0.1, 0.15) is 46.1 Å². The quantitative estimate of drug-likeness (QED) is 0.186. The molecular formula is C30H49N5O8. The van der Waals surface area contributed by atoms with E-state index >= 15 is 0 Å². The van der Waals surface area contributed by atoms with Crippen LogP contribution in [0.25, 0.3) is 0 Å². The second-order valence-electron chi connectivity index (χ2n) is 11.5. The molecule has 4 atom stereocenters. The van der Waals surface area contributed by atoms with Crippen LogP contribution in [0.4, 0.5) is 9.59 Å². The smallest absolute Gasteiger partial charge is 0.407 e. The summed E-state index contributed by atoms with van der Waals surface area (Å²) in [4.78, 5) is 50.6. The molecule has 0 aliphatic carbocycles. The number of carbonyl (C=O) groups is 4. The Hall–Kier alpha value is -3.42. The molecule has 0 aromatic heterocycles. The number of hydrazine groups is 1.